The van der Waals surface area contributed by atoms with E-state index in [1.165, 1.54) is 0 Å². The van der Waals surface area contributed by atoms with Gasteiger partial charge in [0.2, 0.25) is 6.41 Å². The standard InChI is InChI=1S/C9H13BrN2O2/c1-7-3-4-8(10)12(7)5-9(14-2)11-6-13/h3-4,6,9H,5H2,1-2H3,(H,11,13). The lowest BCUT2D eigenvalue weighted by molar-refractivity contribution is -0.113. The molecule has 1 N–H and O–H groups in total. The van der Waals surface area contributed by atoms with E-state index in [9.17, 15) is 4.79 Å². The lowest BCUT2D eigenvalue weighted by Gasteiger charge is -2.17. The average Bonchev–Trinajstić information content (AvgIpc) is 2.48. The predicted molar refractivity (Wildman–Crippen MR) is 56.9 cm³/mol. The zero-order valence-electron chi connectivity index (χ0n) is 8.16. The van der Waals surface area contributed by atoms with E-state index in [4.69, 9.17) is 4.74 Å². The monoisotopic (exact) mass is 260 g/mol. The van der Waals surface area contributed by atoms with Crippen LogP contribution in [0.1, 0.15) is 5.69 Å². The Bertz CT molecular complexity index is 292. The van der Waals surface area contributed by atoms with Gasteiger partial charge in [-0.1, -0.05) is 0 Å². The molecule has 0 aliphatic heterocycles. The van der Waals surface area contributed by atoms with Gasteiger partial charge in [-0.25, -0.2) is 0 Å². The van der Waals surface area contributed by atoms with Crippen LogP contribution in [0, 0.1) is 6.92 Å². The SMILES string of the molecule is COC(Cn1c(C)ccc1Br)NC=O. The minimum Gasteiger partial charge on any atom is -0.360 e. The van der Waals surface area contributed by atoms with Crippen molar-refractivity contribution in [2.45, 2.75) is 19.7 Å². The summed E-state index contributed by atoms with van der Waals surface area (Å²) in [6.45, 7) is 2.59. The maximum atomic E-state index is 10.3. The van der Waals surface area contributed by atoms with E-state index < -0.39 is 0 Å². The molecule has 1 heterocycles. The second kappa shape index (κ2) is 5.17. The topological polar surface area (TPSA) is 43.3 Å². The van der Waals surface area contributed by atoms with E-state index in [2.05, 4.69) is 21.2 Å². The van der Waals surface area contributed by atoms with Crippen LogP contribution in [0.15, 0.2) is 16.7 Å². The van der Waals surface area contributed by atoms with Crippen molar-refractivity contribution in [1.82, 2.24) is 9.88 Å². The summed E-state index contributed by atoms with van der Waals surface area (Å²) in [6.07, 6.45) is 0.343. The van der Waals surface area contributed by atoms with E-state index in [0.717, 1.165) is 10.3 Å². The lowest BCUT2D eigenvalue weighted by atomic mass is 10.4. The molecule has 4 nitrogen and oxygen atoms in total. The number of hydrogen-bond donors (Lipinski definition) is 1. The molecule has 1 unspecified atom stereocenters. The van der Waals surface area contributed by atoms with Gasteiger partial charge in [-0.2, -0.15) is 0 Å². The van der Waals surface area contributed by atoms with E-state index >= 15 is 0 Å². The highest BCUT2D eigenvalue weighted by Crippen LogP contribution is 2.15. The van der Waals surface area contributed by atoms with Gasteiger partial charge in [0.1, 0.15) is 6.23 Å². The van der Waals surface area contributed by atoms with Gasteiger partial charge in [-0.3, -0.25) is 4.79 Å². The quantitative estimate of drug-likeness (QED) is 0.641. The molecule has 1 aromatic rings. The van der Waals surface area contributed by atoms with Crippen molar-refractivity contribution in [3.8, 4) is 0 Å². The maximum Gasteiger partial charge on any atom is 0.209 e. The minimum absolute atomic E-state index is 0.296. The number of rotatable bonds is 5. The molecule has 0 saturated carbocycles. The van der Waals surface area contributed by atoms with Crippen molar-refractivity contribution in [2.75, 3.05) is 7.11 Å². The smallest absolute Gasteiger partial charge is 0.209 e. The van der Waals surface area contributed by atoms with Crippen LogP contribution in [0.4, 0.5) is 0 Å². The van der Waals surface area contributed by atoms with Crippen LogP contribution in [0.2, 0.25) is 0 Å². The summed E-state index contributed by atoms with van der Waals surface area (Å²) < 4.78 is 8.09. The van der Waals surface area contributed by atoms with Crippen molar-refractivity contribution in [2.24, 2.45) is 0 Å². The summed E-state index contributed by atoms with van der Waals surface area (Å²) in [5.41, 5.74) is 1.12. The van der Waals surface area contributed by atoms with Gasteiger partial charge < -0.3 is 14.6 Å². The number of aryl methyl sites for hydroxylation is 1. The van der Waals surface area contributed by atoms with Gasteiger partial charge in [0.25, 0.3) is 0 Å². The van der Waals surface area contributed by atoms with E-state index in [1.54, 1.807) is 7.11 Å². The third-order valence-corrected chi connectivity index (χ3v) is 2.72. The van der Waals surface area contributed by atoms with Gasteiger partial charge in [0, 0.05) is 12.8 Å². The van der Waals surface area contributed by atoms with E-state index in [0.29, 0.717) is 13.0 Å². The van der Waals surface area contributed by atoms with E-state index in [-0.39, 0.29) is 6.23 Å². The number of carbonyl (C=O) groups is 1. The minimum atomic E-state index is -0.296. The van der Waals surface area contributed by atoms with Crippen LogP contribution in [0.25, 0.3) is 0 Å². The number of ether oxygens (including phenoxy) is 1. The van der Waals surface area contributed by atoms with Gasteiger partial charge in [0.15, 0.2) is 0 Å². The third-order valence-electron chi connectivity index (χ3n) is 2.03. The number of nitrogens with zero attached hydrogens (tertiary/aromatic N) is 1. The Balaban J connectivity index is 2.70. The van der Waals surface area contributed by atoms with Gasteiger partial charge in [-0.05, 0) is 35.0 Å². The maximum absolute atomic E-state index is 10.3. The third kappa shape index (κ3) is 2.59. The molecule has 1 rings (SSSR count). The summed E-state index contributed by atoms with van der Waals surface area (Å²) in [6, 6.07) is 3.96. The molecule has 0 aromatic carbocycles. The molecule has 0 bridgehead atoms. The highest BCUT2D eigenvalue weighted by Gasteiger charge is 2.09. The molecule has 1 amide bonds. The normalized spacial score (nSPS) is 12.5. The summed E-state index contributed by atoms with van der Waals surface area (Å²) in [4.78, 5) is 10.3. The first-order valence-electron chi connectivity index (χ1n) is 4.23. The zero-order chi connectivity index (χ0) is 10.6. The van der Waals surface area contributed by atoms with Crippen LogP contribution in [-0.4, -0.2) is 24.3 Å². The Hall–Kier alpha value is -0.810. The van der Waals surface area contributed by atoms with Gasteiger partial charge in [0.05, 0.1) is 11.1 Å². The number of carbonyl (C=O) groups excluding carboxylic acids is 1. The second-order valence-corrected chi connectivity index (χ2v) is 3.73. The first-order chi connectivity index (χ1) is 6.69. The summed E-state index contributed by atoms with van der Waals surface area (Å²) >= 11 is 3.42. The van der Waals surface area contributed by atoms with Crippen molar-refractivity contribution in [3.63, 3.8) is 0 Å². The predicted octanol–water partition coefficient (Wildman–Crippen LogP) is 1.28. The second-order valence-electron chi connectivity index (χ2n) is 2.92. The zero-order valence-corrected chi connectivity index (χ0v) is 9.74. The summed E-state index contributed by atoms with van der Waals surface area (Å²) in [5, 5.41) is 2.58. The molecule has 1 aromatic heterocycles. The molecule has 5 heteroatoms. The fraction of sp³-hybridized carbons (Fsp3) is 0.444. The number of amides is 1. The molecular formula is C9H13BrN2O2. The molecule has 0 aliphatic rings. The van der Waals surface area contributed by atoms with Crippen molar-refractivity contribution < 1.29 is 9.53 Å². The highest BCUT2D eigenvalue weighted by atomic mass is 79.9. The van der Waals surface area contributed by atoms with Crippen molar-refractivity contribution >= 4 is 22.3 Å². The highest BCUT2D eigenvalue weighted by molar-refractivity contribution is 9.10. The number of halogens is 1. The Morgan fingerprint density at radius 2 is 2.43 bits per heavy atom. The molecule has 0 spiro atoms. The van der Waals surface area contributed by atoms with Crippen LogP contribution in [0.3, 0.4) is 0 Å². The molecular weight excluding hydrogens is 248 g/mol. The van der Waals surface area contributed by atoms with Crippen molar-refractivity contribution in [3.05, 3.63) is 22.4 Å². The van der Waals surface area contributed by atoms with Crippen LogP contribution >= 0.6 is 15.9 Å². The van der Waals surface area contributed by atoms with Crippen LogP contribution in [0.5, 0.6) is 0 Å². The Morgan fingerprint density at radius 1 is 1.71 bits per heavy atom. The average molecular weight is 261 g/mol. The lowest BCUT2D eigenvalue weighted by Crippen LogP contribution is -2.34. The number of methoxy groups -OCH3 is 1. The number of hydrogen-bond acceptors (Lipinski definition) is 2. The number of aromatic nitrogens is 1. The molecule has 0 saturated heterocycles. The van der Waals surface area contributed by atoms with Gasteiger partial charge in [-0.15, -0.1) is 0 Å². The molecule has 78 valence electrons. The fourth-order valence-corrected chi connectivity index (χ4v) is 1.76. The Labute approximate surface area is 91.4 Å². The van der Waals surface area contributed by atoms with E-state index in [1.807, 2.05) is 23.6 Å². The fourth-order valence-electron chi connectivity index (χ4n) is 1.21. The first-order valence-corrected chi connectivity index (χ1v) is 5.02. The van der Waals surface area contributed by atoms with Crippen molar-refractivity contribution in [1.29, 1.82) is 0 Å². The van der Waals surface area contributed by atoms with Gasteiger partial charge >= 0.3 is 0 Å². The molecule has 14 heavy (non-hydrogen) atoms. The Kier molecular flexibility index (Phi) is 4.16. The molecule has 0 fully saturated rings. The number of nitrogens with one attached hydrogen (secondary N) is 1. The summed E-state index contributed by atoms with van der Waals surface area (Å²) in [7, 11) is 1.56. The Morgan fingerprint density at radius 3 is 2.86 bits per heavy atom. The van der Waals surface area contributed by atoms with Crippen LogP contribution < -0.4 is 5.32 Å². The first kappa shape index (κ1) is 11.3. The van der Waals surface area contributed by atoms with Crippen LogP contribution in [-0.2, 0) is 16.1 Å². The molecule has 1 atom stereocenters. The summed E-state index contributed by atoms with van der Waals surface area (Å²) in [5.74, 6) is 0. The molecule has 0 radical (unpaired) electrons. The largest absolute Gasteiger partial charge is 0.360 e. The molecule has 0 aliphatic carbocycles.